The van der Waals surface area contributed by atoms with Crippen LogP contribution in [0.25, 0.3) is 0 Å². The predicted octanol–water partition coefficient (Wildman–Crippen LogP) is 2.65. The Morgan fingerprint density at radius 3 is 2.57 bits per heavy atom. The van der Waals surface area contributed by atoms with Crippen molar-refractivity contribution in [1.29, 1.82) is 0 Å². The highest BCUT2D eigenvalue weighted by Gasteiger charge is 1.99. The quantitative estimate of drug-likeness (QED) is 0.649. The van der Waals surface area contributed by atoms with Gasteiger partial charge in [0.05, 0.1) is 0 Å². The second kappa shape index (κ2) is 5.24. The van der Waals surface area contributed by atoms with Gasteiger partial charge < -0.3 is 0 Å². The molecule has 0 bridgehead atoms. The molecule has 0 aliphatic carbocycles. The summed E-state index contributed by atoms with van der Waals surface area (Å²) in [5.74, 6) is 6.45. The van der Waals surface area contributed by atoms with Gasteiger partial charge in [0.25, 0.3) is 0 Å². The van der Waals surface area contributed by atoms with Gasteiger partial charge >= 0.3 is 0 Å². The van der Waals surface area contributed by atoms with Gasteiger partial charge in [0, 0.05) is 17.9 Å². The highest BCUT2D eigenvalue weighted by atomic mass is 16.1. The maximum atomic E-state index is 10.8. The third-order valence-corrected chi connectivity index (χ3v) is 1.83. The molecule has 0 N–H and O–H groups in total. The standard InChI is InChI=1S/C13H14O/c1-11(10-12(2)14)8-9-13-6-4-3-5-7-13/h3-7,11H,10H2,1-2H3. The Labute approximate surface area is 85.1 Å². The molecule has 0 fully saturated rings. The summed E-state index contributed by atoms with van der Waals surface area (Å²) in [6, 6.07) is 9.81. The number of ketones is 1. The molecule has 0 spiro atoms. The monoisotopic (exact) mass is 186 g/mol. The number of hydrogen-bond acceptors (Lipinski definition) is 1. The fourth-order valence-electron chi connectivity index (χ4n) is 1.21. The number of carbonyl (C=O) groups excluding carboxylic acids is 1. The first-order valence-electron chi connectivity index (χ1n) is 4.74. The van der Waals surface area contributed by atoms with Crippen molar-refractivity contribution in [3.05, 3.63) is 35.9 Å². The van der Waals surface area contributed by atoms with E-state index in [1.807, 2.05) is 37.3 Å². The Kier molecular flexibility index (Phi) is 3.94. The fraction of sp³-hybridized carbons (Fsp3) is 0.308. The summed E-state index contributed by atoms with van der Waals surface area (Å²) < 4.78 is 0. The molecule has 1 rings (SSSR count). The maximum Gasteiger partial charge on any atom is 0.131 e. The van der Waals surface area contributed by atoms with Gasteiger partial charge in [0.1, 0.15) is 5.78 Å². The molecule has 0 saturated heterocycles. The van der Waals surface area contributed by atoms with Crippen LogP contribution in [-0.2, 0) is 4.79 Å². The SMILES string of the molecule is CC(=O)CC(C)C#Cc1ccccc1. The van der Waals surface area contributed by atoms with Crippen LogP contribution in [0.15, 0.2) is 30.3 Å². The Morgan fingerprint density at radius 1 is 1.36 bits per heavy atom. The van der Waals surface area contributed by atoms with Crippen molar-refractivity contribution in [1.82, 2.24) is 0 Å². The number of benzene rings is 1. The zero-order valence-corrected chi connectivity index (χ0v) is 8.58. The molecule has 0 heterocycles. The lowest BCUT2D eigenvalue weighted by molar-refractivity contribution is -0.117. The lowest BCUT2D eigenvalue weighted by atomic mass is 10.1. The maximum absolute atomic E-state index is 10.8. The first-order valence-corrected chi connectivity index (χ1v) is 4.74. The van der Waals surface area contributed by atoms with E-state index in [0.29, 0.717) is 6.42 Å². The largest absolute Gasteiger partial charge is 0.300 e. The van der Waals surface area contributed by atoms with Gasteiger partial charge in [-0.15, -0.1) is 0 Å². The summed E-state index contributed by atoms with van der Waals surface area (Å²) in [7, 11) is 0. The van der Waals surface area contributed by atoms with Crippen LogP contribution in [0.3, 0.4) is 0 Å². The van der Waals surface area contributed by atoms with Crippen molar-refractivity contribution in [3.8, 4) is 11.8 Å². The minimum atomic E-state index is 0.146. The van der Waals surface area contributed by atoms with E-state index in [9.17, 15) is 4.79 Å². The Bertz CT molecular complexity index is 354. The second-order valence-corrected chi connectivity index (χ2v) is 3.44. The van der Waals surface area contributed by atoms with Crippen LogP contribution in [0.4, 0.5) is 0 Å². The first kappa shape index (κ1) is 10.5. The van der Waals surface area contributed by atoms with E-state index < -0.39 is 0 Å². The topological polar surface area (TPSA) is 17.1 Å². The van der Waals surface area contributed by atoms with E-state index in [-0.39, 0.29) is 11.7 Å². The third-order valence-electron chi connectivity index (χ3n) is 1.83. The van der Waals surface area contributed by atoms with Crippen molar-refractivity contribution in [2.45, 2.75) is 20.3 Å². The van der Waals surface area contributed by atoms with Gasteiger partial charge in [0.2, 0.25) is 0 Å². The van der Waals surface area contributed by atoms with Gasteiger partial charge in [-0.1, -0.05) is 37.0 Å². The highest BCUT2D eigenvalue weighted by Crippen LogP contribution is 2.01. The summed E-state index contributed by atoms with van der Waals surface area (Å²) in [6.07, 6.45) is 0.542. The summed E-state index contributed by atoms with van der Waals surface area (Å²) >= 11 is 0. The average Bonchev–Trinajstić information content (AvgIpc) is 2.15. The van der Waals surface area contributed by atoms with Gasteiger partial charge in [-0.3, -0.25) is 4.79 Å². The summed E-state index contributed by atoms with van der Waals surface area (Å²) in [6.45, 7) is 3.57. The number of hydrogen-bond donors (Lipinski definition) is 0. The molecule has 14 heavy (non-hydrogen) atoms. The van der Waals surface area contributed by atoms with Gasteiger partial charge in [-0.2, -0.15) is 0 Å². The average molecular weight is 186 g/mol. The lowest BCUT2D eigenvalue weighted by Crippen LogP contribution is -1.98. The summed E-state index contributed by atoms with van der Waals surface area (Å²) in [5, 5.41) is 0. The molecular weight excluding hydrogens is 172 g/mol. The Hall–Kier alpha value is -1.55. The van der Waals surface area contributed by atoms with Crippen molar-refractivity contribution in [2.24, 2.45) is 5.92 Å². The minimum Gasteiger partial charge on any atom is -0.300 e. The normalized spacial score (nSPS) is 11.3. The van der Waals surface area contributed by atoms with E-state index in [1.165, 1.54) is 0 Å². The summed E-state index contributed by atoms with van der Waals surface area (Å²) in [4.78, 5) is 10.8. The lowest BCUT2D eigenvalue weighted by Gasteiger charge is -1.97. The van der Waals surface area contributed by atoms with Crippen LogP contribution in [0.2, 0.25) is 0 Å². The molecule has 0 radical (unpaired) electrons. The fourth-order valence-corrected chi connectivity index (χ4v) is 1.21. The number of rotatable bonds is 2. The van der Waals surface area contributed by atoms with Crippen LogP contribution in [0.5, 0.6) is 0 Å². The van der Waals surface area contributed by atoms with Crippen LogP contribution < -0.4 is 0 Å². The Balaban J connectivity index is 2.60. The molecule has 0 amide bonds. The molecule has 72 valence electrons. The van der Waals surface area contributed by atoms with Crippen molar-refractivity contribution in [2.75, 3.05) is 0 Å². The molecule has 1 nitrogen and oxygen atoms in total. The molecule has 1 unspecified atom stereocenters. The van der Waals surface area contributed by atoms with Crippen LogP contribution in [-0.4, -0.2) is 5.78 Å². The van der Waals surface area contributed by atoms with E-state index in [2.05, 4.69) is 11.8 Å². The first-order chi connectivity index (χ1) is 6.68. The predicted molar refractivity (Wildman–Crippen MR) is 57.8 cm³/mol. The van der Waals surface area contributed by atoms with Gasteiger partial charge in [0.15, 0.2) is 0 Å². The zero-order chi connectivity index (χ0) is 10.4. The number of Topliss-reactive ketones (excluding diaryl/α,β-unsaturated/α-hetero) is 1. The zero-order valence-electron chi connectivity index (χ0n) is 8.58. The molecule has 0 saturated carbocycles. The molecular formula is C13H14O. The van der Waals surface area contributed by atoms with E-state index >= 15 is 0 Å². The van der Waals surface area contributed by atoms with E-state index in [4.69, 9.17) is 0 Å². The summed E-state index contributed by atoms with van der Waals surface area (Å²) in [5.41, 5.74) is 1.00. The van der Waals surface area contributed by atoms with Crippen LogP contribution in [0.1, 0.15) is 25.8 Å². The van der Waals surface area contributed by atoms with Gasteiger partial charge in [-0.05, 0) is 19.1 Å². The van der Waals surface area contributed by atoms with E-state index in [0.717, 1.165) is 5.56 Å². The molecule has 0 aliphatic heterocycles. The molecule has 0 aromatic heterocycles. The van der Waals surface area contributed by atoms with Gasteiger partial charge in [-0.25, -0.2) is 0 Å². The minimum absolute atomic E-state index is 0.146. The number of carbonyl (C=O) groups is 1. The van der Waals surface area contributed by atoms with Crippen molar-refractivity contribution >= 4 is 5.78 Å². The second-order valence-electron chi connectivity index (χ2n) is 3.44. The molecule has 1 aromatic rings. The molecule has 1 heteroatoms. The smallest absolute Gasteiger partial charge is 0.131 e. The highest BCUT2D eigenvalue weighted by molar-refractivity contribution is 5.76. The molecule has 1 aromatic carbocycles. The van der Waals surface area contributed by atoms with E-state index in [1.54, 1.807) is 6.92 Å². The molecule has 0 aliphatic rings. The third kappa shape index (κ3) is 3.91. The van der Waals surface area contributed by atoms with Crippen molar-refractivity contribution in [3.63, 3.8) is 0 Å². The Morgan fingerprint density at radius 2 is 2.00 bits per heavy atom. The van der Waals surface area contributed by atoms with Crippen LogP contribution >= 0.6 is 0 Å². The molecule has 1 atom stereocenters. The van der Waals surface area contributed by atoms with Crippen molar-refractivity contribution < 1.29 is 4.79 Å². The van der Waals surface area contributed by atoms with Crippen LogP contribution in [0, 0.1) is 17.8 Å².